The highest BCUT2D eigenvalue weighted by Crippen LogP contribution is 2.45. The molecule has 0 aromatic carbocycles. The molecule has 0 unspecified atom stereocenters. The highest BCUT2D eigenvalue weighted by Gasteiger charge is 2.35. The second kappa shape index (κ2) is 5.05. The molecule has 8 nitrogen and oxygen atoms in total. The molecule has 1 amide bonds. The van der Waals surface area contributed by atoms with Crippen molar-refractivity contribution in [3.05, 3.63) is 23.8 Å². The molecule has 1 aliphatic carbocycles. The van der Waals surface area contributed by atoms with Crippen molar-refractivity contribution in [2.45, 2.75) is 38.6 Å². The van der Waals surface area contributed by atoms with Crippen LogP contribution in [0.1, 0.15) is 54.8 Å². The zero-order valence-electron chi connectivity index (χ0n) is 13.5. The van der Waals surface area contributed by atoms with E-state index in [1.165, 1.54) is 6.33 Å². The van der Waals surface area contributed by atoms with Gasteiger partial charge in [-0.05, 0) is 26.7 Å². The number of amides is 1. The summed E-state index contributed by atoms with van der Waals surface area (Å²) in [5.74, 6) is 0.578. The molecule has 0 atom stereocenters. The molecule has 0 spiro atoms. The zero-order chi connectivity index (χ0) is 17.0. The maximum Gasteiger partial charge on any atom is 0.254 e. The van der Waals surface area contributed by atoms with E-state index in [1.807, 2.05) is 24.6 Å². The van der Waals surface area contributed by atoms with Gasteiger partial charge in [-0.2, -0.15) is 0 Å². The van der Waals surface area contributed by atoms with E-state index < -0.39 is 5.91 Å². The van der Waals surface area contributed by atoms with Crippen molar-refractivity contribution in [3.8, 4) is 11.3 Å². The molecule has 3 aromatic heterocycles. The monoisotopic (exact) mass is 326 g/mol. The number of nitrogens with zero attached hydrogens (tertiary/aromatic N) is 4. The number of rotatable bonds is 4. The quantitative estimate of drug-likeness (QED) is 0.757. The van der Waals surface area contributed by atoms with Gasteiger partial charge in [-0.3, -0.25) is 4.79 Å². The zero-order valence-corrected chi connectivity index (χ0v) is 13.5. The van der Waals surface area contributed by atoms with Crippen LogP contribution in [0.15, 0.2) is 17.0 Å². The summed E-state index contributed by atoms with van der Waals surface area (Å²) in [7, 11) is 0. The Morgan fingerprint density at radius 2 is 2.12 bits per heavy atom. The minimum Gasteiger partial charge on any atom is -0.383 e. The van der Waals surface area contributed by atoms with Crippen LogP contribution in [0.2, 0.25) is 0 Å². The predicted octanol–water partition coefficient (Wildman–Crippen LogP) is 2.23. The number of primary amides is 1. The summed E-state index contributed by atoms with van der Waals surface area (Å²) in [6.45, 7) is 4.07. The number of nitrogens with two attached hydrogens (primary N) is 2. The molecule has 0 aliphatic heterocycles. The molecule has 4 N–H and O–H groups in total. The second-order valence-electron chi connectivity index (χ2n) is 6.41. The summed E-state index contributed by atoms with van der Waals surface area (Å²) in [4.78, 5) is 20.4. The SMILES string of the molecule is CC(C)n1cc(-c2noc(C3CC3)c2C(N)=O)c2c(N)ncnc21. The maximum absolute atomic E-state index is 12.0. The van der Waals surface area contributed by atoms with Gasteiger partial charge in [-0.1, -0.05) is 5.16 Å². The molecule has 0 radical (unpaired) electrons. The second-order valence-corrected chi connectivity index (χ2v) is 6.41. The molecule has 1 aliphatic rings. The summed E-state index contributed by atoms with van der Waals surface area (Å²) in [6, 6.07) is 0.155. The fourth-order valence-corrected chi connectivity index (χ4v) is 3.03. The summed E-state index contributed by atoms with van der Waals surface area (Å²) in [6.07, 6.45) is 5.26. The number of hydrogen-bond acceptors (Lipinski definition) is 6. The van der Waals surface area contributed by atoms with Crippen molar-refractivity contribution in [2.24, 2.45) is 5.73 Å². The molecule has 4 rings (SSSR count). The lowest BCUT2D eigenvalue weighted by molar-refractivity contribution is 0.0999. The van der Waals surface area contributed by atoms with E-state index in [0.29, 0.717) is 39.4 Å². The average molecular weight is 326 g/mol. The lowest BCUT2D eigenvalue weighted by Crippen LogP contribution is -2.13. The molecule has 3 aromatic rings. The Hall–Kier alpha value is -2.90. The Morgan fingerprint density at radius 3 is 2.75 bits per heavy atom. The van der Waals surface area contributed by atoms with Gasteiger partial charge in [0.25, 0.3) is 5.91 Å². The molecule has 24 heavy (non-hydrogen) atoms. The Balaban J connectivity index is 2.03. The van der Waals surface area contributed by atoms with E-state index in [1.54, 1.807) is 0 Å². The van der Waals surface area contributed by atoms with Crippen LogP contribution >= 0.6 is 0 Å². The third-order valence-corrected chi connectivity index (χ3v) is 4.36. The van der Waals surface area contributed by atoms with Gasteiger partial charge in [0.05, 0.1) is 5.39 Å². The van der Waals surface area contributed by atoms with E-state index in [9.17, 15) is 4.79 Å². The number of carbonyl (C=O) groups excluding carboxylic acids is 1. The number of nitrogen functional groups attached to an aromatic ring is 1. The van der Waals surface area contributed by atoms with Crippen molar-refractivity contribution < 1.29 is 9.32 Å². The van der Waals surface area contributed by atoms with Crippen LogP contribution in [-0.4, -0.2) is 25.6 Å². The first kappa shape index (κ1) is 14.7. The molecule has 1 fully saturated rings. The standard InChI is InChI=1S/C16H18N6O2/c1-7(2)22-5-9(10-14(17)19-6-20-16(10)22)12-11(15(18)23)13(24-21-12)8-3-4-8/h5-8H,3-4H2,1-2H3,(H2,18,23)(H2,17,19,20). The van der Waals surface area contributed by atoms with Gasteiger partial charge >= 0.3 is 0 Å². The molecular weight excluding hydrogens is 308 g/mol. The maximum atomic E-state index is 12.0. The third-order valence-electron chi connectivity index (χ3n) is 4.36. The predicted molar refractivity (Wildman–Crippen MR) is 88.3 cm³/mol. The van der Waals surface area contributed by atoms with Gasteiger partial charge in [-0.15, -0.1) is 0 Å². The van der Waals surface area contributed by atoms with Crippen molar-refractivity contribution in [3.63, 3.8) is 0 Å². The summed E-state index contributed by atoms with van der Waals surface area (Å²) < 4.78 is 7.42. The van der Waals surface area contributed by atoms with Crippen LogP contribution < -0.4 is 11.5 Å². The lowest BCUT2D eigenvalue weighted by Gasteiger charge is -2.07. The number of carbonyl (C=O) groups is 1. The van der Waals surface area contributed by atoms with Gasteiger partial charge in [0.1, 0.15) is 29.0 Å². The van der Waals surface area contributed by atoms with Crippen LogP contribution in [0.25, 0.3) is 22.3 Å². The summed E-state index contributed by atoms with van der Waals surface area (Å²) >= 11 is 0. The molecule has 0 saturated heterocycles. The minimum absolute atomic E-state index is 0.155. The van der Waals surface area contributed by atoms with Crippen LogP contribution in [0, 0.1) is 0 Å². The van der Waals surface area contributed by atoms with E-state index in [0.717, 1.165) is 12.8 Å². The minimum atomic E-state index is -0.547. The first-order valence-corrected chi connectivity index (χ1v) is 7.89. The molecule has 8 heteroatoms. The molecule has 3 heterocycles. The number of anilines is 1. The molecule has 124 valence electrons. The Labute approximate surface area is 137 Å². The average Bonchev–Trinajstić information content (AvgIpc) is 3.14. The normalized spacial score (nSPS) is 14.6. The molecule has 1 saturated carbocycles. The van der Waals surface area contributed by atoms with Crippen molar-refractivity contribution in [2.75, 3.05) is 5.73 Å². The molecular formula is C16H18N6O2. The van der Waals surface area contributed by atoms with Crippen molar-refractivity contribution in [1.29, 1.82) is 0 Å². The van der Waals surface area contributed by atoms with Gasteiger partial charge < -0.3 is 20.6 Å². The third kappa shape index (κ3) is 2.06. The summed E-state index contributed by atoms with van der Waals surface area (Å²) in [5, 5.41) is 4.79. The Morgan fingerprint density at radius 1 is 1.38 bits per heavy atom. The van der Waals surface area contributed by atoms with E-state index >= 15 is 0 Å². The van der Waals surface area contributed by atoms with Gasteiger partial charge in [0.2, 0.25) is 0 Å². The van der Waals surface area contributed by atoms with Gasteiger partial charge in [0.15, 0.2) is 5.76 Å². The number of aromatic nitrogens is 4. The van der Waals surface area contributed by atoms with E-state index in [2.05, 4.69) is 15.1 Å². The van der Waals surface area contributed by atoms with Crippen LogP contribution in [0.5, 0.6) is 0 Å². The Bertz CT molecular complexity index is 951. The van der Waals surface area contributed by atoms with Crippen LogP contribution in [-0.2, 0) is 0 Å². The fourth-order valence-electron chi connectivity index (χ4n) is 3.03. The highest BCUT2D eigenvalue weighted by atomic mass is 16.5. The van der Waals surface area contributed by atoms with Gasteiger partial charge in [0, 0.05) is 23.7 Å². The highest BCUT2D eigenvalue weighted by molar-refractivity contribution is 6.06. The van der Waals surface area contributed by atoms with E-state index in [-0.39, 0.29) is 12.0 Å². The van der Waals surface area contributed by atoms with Crippen molar-refractivity contribution >= 4 is 22.8 Å². The largest absolute Gasteiger partial charge is 0.383 e. The van der Waals surface area contributed by atoms with Crippen LogP contribution in [0.3, 0.4) is 0 Å². The summed E-state index contributed by atoms with van der Waals surface area (Å²) in [5.41, 5.74) is 13.8. The molecule has 0 bridgehead atoms. The first-order valence-electron chi connectivity index (χ1n) is 7.89. The smallest absolute Gasteiger partial charge is 0.254 e. The number of hydrogen-bond donors (Lipinski definition) is 2. The van der Waals surface area contributed by atoms with Gasteiger partial charge in [-0.25, -0.2) is 9.97 Å². The first-order chi connectivity index (χ1) is 11.5. The Kier molecular flexibility index (Phi) is 3.09. The van der Waals surface area contributed by atoms with E-state index in [4.69, 9.17) is 16.0 Å². The van der Waals surface area contributed by atoms with Crippen molar-refractivity contribution in [1.82, 2.24) is 19.7 Å². The van der Waals surface area contributed by atoms with Crippen LogP contribution in [0.4, 0.5) is 5.82 Å². The topological polar surface area (TPSA) is 126 Å². The number of fused-ring (bicyclic) bond motifs is 1. The fraction of sp³-hybridized carbons (Fsp3) is 0.375. The lowest BCUT2D eigenvalue weighted by atomic mass is 10.0.